The van der Waals surface area contributed by atoms with Crippen molar-refractivity contribution in [3.8, 4) is 0 Å². The van der Waals surface area contributed by atoms with Crippen LogP contribution in [0, 0.1) is 5.82 Å². The van der Waals surface area contributed by atoms with Gasteiger partial charge < -0.3 is 10.2 Å². The molecular weight excluding hydrogens is 279 g/mol. The Morgan fingerprint density at radius 1 is 1.55 bits per heavy atom. The summed E-state index contributed by atoms with van der Waals surface area (Å²) in [5.41, 5.74) is 0.360. The predicted octanol–water partition coefficient (Wildman–Crippen LogP) is 3.08. The van der Waals surface area contributed by atoms with Crippen LogP contribution in [0.1, 0.15) is 36.5 Å². The molecule has 1 amide bonds. The van der Waals surface area contributed by atoms with E-state index in [1.54, 1.807) is 11.0 Å². The Kier molecular flexibility index (Phi) is 5.38. The number of benzene rings is 1. The van der Waals surface area contributed by atoms with Gasteiger partial charge in [-0.05, 0) is 44.0 Å². The van der Waals surface area contributed by atoms with Gasteiger partial charge in [-0.25, -0.2) is 4.39 Å². The highest BCUT2D eigenvalue weighted by molar-refractivity contribution is 6.30. The molecule has 1 saturated heterocycles. The van der Waals surface area contributed by atoms with Gasteiger partial charge in [0.05, 0.1) is 5.02 Å². The molecule has 1 fully saturated rings. The molecule has 1 aliphatic rings. The van der Waals surface area contributed by atoms with Gasteiger partial charge in [0.15, 0.2) is 0 Å². The summed E-state index contributed by atoms with van der Waals surface area (Å²) in [5, 5.41) is 3.43. The summed E-state index contributed by atoms with van der Waals surface area (Å²) >= 11 is 5.65. The molecule has 0 saturated carbocycles. The second-order valence-electron chi connectivity index (χ2n) is 5.17. The van der Waals surface area contributed by atoms with E-state index in [2.05, 4.69) is 5.32 Å². The Labute approximate surface area is 124 Å². The lowest BCUT2D eigenvalue weighted by molar-refractivity contribution is 0.0741. The maximum absolute atomic E-state index is 13.5. The number of nitrogens with zero attached hydrogens (tertiary/aromatic N) is 1. The summed E-state index contributed by atoms with van der Waals surface area (Å²) in [6.07, 6.45) is 3.12. The van der Waals surface area contributed by atoms with E-state index in [0.29, 0.717) is 24.7 Å². The third-order valence-electron chi connectivity index (χ3n) is 3.55. The van der Waals surface area contributed by atoms with Gasteiger partial charge in [-0.2, -0.15) is 0 Å². The van der Waals surface area contributed by atoms with E-state index in [9.17, 15) is 9.18 Å². The summed E-state index contributed by atoms with van der Waals surface area (Å²) in [4.78, 5) is 14.3. The minimum atomic E-state index is -0.548. The second kappa shape index (κ2) is 7.04. The molecule has 0 bridgehead atoms. The smallest absolute Gasteiger partial charge is 0.254 e. The number of carbonyl (C=O) groups excluding carboxylic acids is 1. The molecule has 1 unspecified atom stereocenters. The van der Waals surface area contributed by atoms with Crippen LogP contribution in [-0.2, 0) is 0 Å². The van der Waals surface area contributed by atoms with Gasteiger partial charge >= 0.3 is 0 Å². The fourth-order valence-electron chi connectivity index (χ4n) is 2.54. The molecule has 0 aliphatic carbocycles. The summed E-state index contributed by atoms with van der Waals surface area (Å²) in [5.74, 6) is -0.677. The number of amides is 1. The Balaban J connectivity index is 2.10. The normalized spacial score (nSPS) is 18.2. The average Bonchev–Trinajstić information content (AvgIpc) is 2.93. The van der Waals surface area contributed by atoms with E-state index in [1.807, 2.05) is 6.92 Å². The Morgan fingerprint density at radius 2 is 2.35 bits per heavy atom. The number of carbonyl (C=O) groups is 1. The van der Waals surface area contributed by atoms with Crippen LogP contribution in [0.3, 0.4) is 0 Å². The quantitative estimate of drug-likeness (QED) is 0.906. The molecule has 1 heterocycles. The Bertz CT molecular complexity index is 475. The number of hydrogen-bond donors (Lipinski definition) is 1. The van der Waals surface area contributed by atoms with E-state index in [4.69, 9.17) is 11.6 Å². The van der Waals surface area contributed by atoms with E-state index < -0.39 is 5.82 Å². The first-order chi connectivity index (χ1) is 9.61. The van der Waals surface area contributed by atoms with Crippen molar-refractivity contribution in [3.63, 3.8) is 0 Å². The lowest BCUT2D eigenvalue weighted by atomic mass is 10.1. The first-order valence-electron chi connectivity index (χ1n) is 7.09. The average molecular weight is 299 g/mol. The lowest BCUT2D eigenvalue weighted by Crippen LogP contribution is -2.41. The largest absolute Gasteiger partial charge is 0.337 e. The maximum atomic E-state index is 13.5. The molecular formula is C15H20ClFN2O. The maximum Gasteiger partial charge on any atom is 0.254 e. The highest BCUT2D eigenvalue weighted by atomic mass is 35.5. The fourth-order valence-corrected chi connectivity index (χ4v) is 2.65. The van der Waals surface area contributed by atoms with Gasteiger partial charge in [-0.3, -0.25) is 4.79 Å². The van der Waals surface area contributed by atoms with Crippen molar-refractivity contribution in [2.45, 2.75) is 32.2 Å². The zero-order valence-corrected chi connectivity index (χ0v) is 12.4. The SMILES string of the molecule is CCCN(CC1CCCN1)C(=O)c1ccc(Cl)c(F)c1. The topological polar surface area (TPSA) is 32.3 Å². The molecule has 0 radical (unpaired) electrons. The Hall–Kier alpha value is -1.13. The van der Waals surface area contributed by atoms with Gasteiger partial charge in [-0.1, -0.05) is 18.5 Å². The van der Waals surface area contributed by atoms with Gasteiger partial charge in [0, 0.05) is 24.7 Å². The first-order valence-corrected chi connectivity index (χ1v) is 7.47. The number of rotatable bonds is 5. The van der Waals surface area contributed by atoms with Crippen LogP contribution in [0.5, 0.6) is 0 Å². The van der Waals surface area contributed by atoms with Crippen molar-refractivity contribution < 1.29 is 9.18 Å². The molecule has 2 rings (SSSR count). The summed E-state index contributed by atoms with van der Waals surface area (Å²) < 4.78 is 13.5. The summed E-state index contributed by atoms with van der Waals surface area (Å²) in [6.45, 7) is 4.40. The van der Waals surface area contributed by atoms with Gasteiger partial charge in [0.2, 0.25) is 0 Å². The molecule has 1 atom stereocenters. The minimum Gasteiger partial charge on any atom is -0.337 e. The molecule has 1 aromatic rings. The highest BCUT2D eigenvalue weighted by Crippen LogP contribution is 2.17. The molecule has 20 heavy (non-hydrogen) atoms. The summed E-state index contributed by atoms with van der Waals surface area (Å²) in [7, 11) is 0. The molecule has 3 nitrogen and oxygen atoms in total. The molecule has 110 valence electrons. The van der Waals surface area contributed by atoms with Crippen LogP contribution in [0.15, 0.2) is 18.2 Å². The molecule has 0 aromatic heterocycles. The van der Waals surface area contributed by atoms with E-state index >= 15 is 0 Å². The van der Waals surface area contributed by atoms with E-state index in [1.165, 1.54) is 12.1 Å². The van der Waals surface area contributed by atoms with Gasteiger partial charge in [0.25, 0.3) is 5.91 Å². The standard InChI is InChI=1S/C15H20ClFN2O/c1-2-8-19(10-12-4-3-7-18-12)15(20)11-5-6-13(16)14(17)9-11/h5-6,9,12,18H,2-4,7-8,10H2,1H3. The predicted molar refractivity (Wildman–Crippen MR) is 78.6 cm³/mol. The van der Waals surface area contributed by atoms with Crippen LogP contribution in [-0.4, -0.2) is 36.5 Å². The van der Waals surface area contributed by atoms with Crippen molar-refractivity contribution in [2.24, 2.45) is 0 Å². The summed E-state index contributed by atoms with van der Waals surface area (Å²) in [6, 6.07) is 4.58. The van der Waals surface area contributed by atoms with Crippen LogP contribution in [0.4, 0.5) is 4.39 Å². The fraction of sp³-hybridized carbons (Fsp3) is 0.533. The third kappa shape index (κ3) is 3.70. The zero-order valence-electron chi connectivity index (χ0n) is 11.7. The number of nitrogens with one attached hydrogen (secondary N) is 1. The van der Waals surface area contributed by atoms with Gasteiger partial charge in [-0.15, -0.1) is 0 Å². The highest BCUT2D eigenvalue weighted by Gasteiger charge is 2.22. The van der Waals surface area contributed by atoms with Gasteiger partial charge in [0.1, 0.15) is 5.82 Å². The lowest BCUT2D eigenvalue weighted by Gasteiger charge is -2.25. The van der Waals surface area contributed by atoms with Crippen LogP contribution >= 0.6 is 11.6 Å². The van der Waals surface area contributed by atoms with Crippen molar-refractivity contribution in [2.75, 3.05) is 19.6 Å². The molecule has 0 spiro atoms. The van der Waals surface area contributed by atoms with E-state index in [-0.39, 0.29) is 10.9 Å². The number of hydrogen-bond acceptors (Lipinski definition) is 2. The minimum absolute atomic E-state index is 0.0426. The molecule has 1 aromatic carbocycles. The molecule has 1 aliphatic heterocycles. The monoisotopic (exact) mass is 298 g/mol. The van der Waals surface area contributed by atoms with Crippen LogP contribution in [0.25, 0.3) is 0 Å². The van der Waals surface area contributed by atoms with Crippen molar-refractivity contribution in [1.29, 1.82) is 0 Å². The van der Waals surface area contributed by atoms with Crippen LogP contribution in [0.2, 0.25) is 5.02 Å². The van der Waals surface area contributed by atoms with E-state index in [0.717, 1.165) is 25.8 Å². The zero-order chi connectivity index (χ0) is 14.5. The molecule has 5 heteroatoms. The van der Waals surface area contributed by atoms with Crippen molar-refractivity contribution in [1.82, 2.24) is 10.2 Å². The van der Waals surface area contributed by atoms with Crippen LogP contribution < -0.4 is 5.32 Å². The second-order valence-corrected chi connectivity index (χ2v) is 5.58. The third-order valence-corrected chi connectivity index (χ3v) is 3.86. The van der Waals surface area contributed by atoms with Crippen molar-refractivity contribution >= 4 is 17.5 Å². The number of halogens is 2. The van der Waals surface area contributed by atoms with Crippen molar-refractivity contribution in [3.05, 3.63) is 34.6 Å². The first kappa shape index (κ1) is 15.3. The Morgan fingerprint density at radius 3 is 2.95 bits per heavy atom. The molecule has 1 N–H and O–H groups in total.